The van der Waals surface area contributed by atoms with Gasteiger partial charge in [-0.25, -0.2) is 4.98 Å². The third-order valence-electron chi connectivity index (χ3n) is 3.53. The number of nitrogens with one attached hydrogen (secondary N) is 1. The van der Waals surface area contributed by atoms with Crippen molar-refractivity contribution in [3.05, 3.63) is 56.9 Å². The molecule has 0 saturated carbocycles. The standard InChI is InChI=1S/C15H12ClN5O3/c1-8-12-5-9(7-17-14(12)20(2)19-8)18-15(22)11-4-3-10(21(23)24)6-13(11)16/h3-7H,1-2H3,(H,18,22). The van der Waals surface area contributed by atoms with Gasteiger partial charge in [0.05, 0.1) is 33.1 Å². The van der Waals surface area contributed by atoms with E-state index in [4.69, 9.17) is 11.6 Å². The minimum atomic E-state index is -0.573. The maximum atomic E-state index is 12.3. The first kappa shape index (κ1) is 15.9. The molecule has 24 heavy (non-hydrogen) atoms. The van der Waals surface area contributed by atoms with Gasteiger partial charge in [0.15, 0.2) is 5.65 Å². The predicted molar refractivity (Wildman–Crippen MR) is 89.3 cm³/mol. The van der Waals surface area contributed by atoms with Gasteiger partial charge < -0.3 is 5.32 Å². The van der Waals surface area contributed by atoms with Crippen LogP contribution in [0.2, 0.25) is 5.02 Å². The molecule has 0 fully saturated rings. The lowest BCUT2D eigenvalue weighted by molar-refractivity contribution is -0.384. The topological polar surface area (TPSA) is 103 Å². The summed E-state index contributed by atoms with van der Waals surface area (Å²) in [6, 6.07) is 5.45. The lowest BCUT2D eigenvalue weighted by atomic mass is 10.2. The summed E-state index contributed by atoms with van der Waals surface area (Å²) in [7, 11) is 1.79. The number of pyridine rings is 1. The van der Waals surface area contributed by atoms with Crippen LogP contribution in [0, 0.1) is 17.0 Å². The van der Waals surface area contributed by atoms with Gasteiger partial charge in [-0.2, -0.15) is 5.10 Å². The Labute approximate surface area is 141 Å². The molecule has 0 aliphatic heterocycles. The summed E-state index contributed by atoms with van der Waals surface area (Å²) in [6.07, 6.45) is 1.51. The van der Waals surface area contributed by atoms with Gasteiger partial charge in [-0.05, 0) is 19.1 Å². The molecule has 8 nitrogen and oxygen atoms in total. The number of fused-ring (bicyclic) bond motifs is 1. The van der Waals surface area contributed by atoms with Crippen molar-refractivity contribution in [3.63, 3.8) is 0 Å². The van der Waals surface area contributed by atoms with E-state index in [1.54, 1.807) is 17.8 Å². The molecule has 2 aromatic heterocycles. The summed E-state index contributed by atoms with van der Waals surface area (Å²) < 4.78 is 1.66. The average Bonchev–Trinajstić information content (AvgIpc) is 2.81. The van der Waals surface area contributed by atoms with Gasteiger partial charge in [-0.15, -0.1) is 0 Å². The molecular formula is C15H12ClN5O3. The molecule has 1 N–H and O–H groups in total. The molecule has 1 aromatic carbocycles. The van der Waals surface area contributed by atoms with Crippen molar-refractivity contribution in [2.75, 3.05) is 5.32 Å². The van der Waals surface area contributed by atoms with Crippen molar-refractivity contribution in [2.45, 2.75) is 6.92 Å². The number of nitrogens with zero attached hydrogens (tertiary/aromatic N) is 4. The van der Waals surface area contributed by atoms with Gasteiger partial charge in [0.1, 0.15) is 0 Å². The van der Waals surface area contributed by atoms with Crippen molar-refractivity contribution in [1.82, 2.24) is 14.8 Å². The molecule has 0 bridgehead atoms. The van der Waals surface area contributed by atoms with Crippen molar-refractivity contribution in [1.29, 1.82) is 0 Å². The molecule has 3 rings (SSSR count). The number of nitro groups is 1. The second-order valence-corrected chi connectivity index (χ2v) is 5.59. The third-order valence-corrected chi connectivity index (χ3v) is 3.84. The highest BCUT2D eigenvalue weighted by molar-refractivity contribution is 6.34. The number of non-ortho nitro benzene ring substituents is 1. The quantitative estimate of drug-likeness (QED) is 0.580. The summed E-state index contributed by atoms with van der Waals surface area (Å²) in [5.41, 5.74) is 1.96. The van der Waals surface area contributed by atoms with Crippen molar-refractivity contribution < 1.29 is 9.72 Å². The summed E-state index contributed by atoms with van der Waals surface area (Å²) in [6.45, 7) is 1.85. The maximum absolute atomic E-state index is 12.3. The Bertz CT molecular complexity index is 983. The number of benzene rings is 1. The fourth-order valence-electron chi connectivity index (χ4n) is 2.38. The number of carbonyl (C=O) groups is 1. The maximum Gasteiger partial charge on any atom is 0.270 e. The molecule has 3 aromatic rings. The van der Waals surface area contributed by atoms with Gasteiger partial charge in [0, 0.05) is 24.6 Å². The number of amides is 1. The van der Waals surface area contributed by atoms with Crippen LogP contribution in [0.3, 0.4) is 0 Å². The fourth-order valence-corrected chi connectivity index (χ4v) is 2.64. The lowest BCUT2D eigenvalue weighted by Crippen LogP contribution is -2.12. The Morgan fingerprint density at radius 3 is 2.79 bits per heavy atom. The van der Waals surface area contributed by atoms with E-state index < -0.39 is 10.8 Å². The van der Waals surface area contributed by atoms with Crippen LogP contribution in [0.25, 0.3) is 11.0 Å². The van der Waals surface area contributed by atoms with Crippen LogP contribution in [0.15, 0.2) is 30.5 Å². The highest BCUT2D eigenvalue weighted by atomic mass is 35.5. The minimum absolute atomic E-state index is 0.00768. The van der Waals surface area contributed by atoms with E-state index in [1.165, 1.54) is 18.3 Å². The summed E-state index contributed by atoms with van der Waals surface area (Å²) in [5, 5.41) is 18.5. The Kier molecular flexibility index (Phi) is 3.90. The first-order valence-corrected chi connectivity index (χ1v) is 7.29. The van der Waals surface area contributed by atoms with Crippen LogP contribution in [-0.4, -0.2) is 25.6 Å². The molecule has 2 heterocycles. The number of nitro benzene ring substituents is 1. The van der Waals surface area contributed by atoms with Gasteiger partial charge in [0.25, 0.3) is 11.6 Å². The molecule has 0 radical (unpaired) electrons. The van der Waals surface area contributed by atoms with E-state index in [0.717, 1.165) is 17.1 Å². The lowest BCUT2D eigenvalue weighted by Gasteiger charge is -2.07. The molecule has 0 spiro atoms. The summed E-state index contributed by atoms with van der Waals surface area (Å²) in [5.74, 6) is -0.474. The zero-order valence-electron chi connectivity index (χ0n) is 12.8. The molecule has 0 aliphatic rings. The number of anilines is 1. The molecular weight excluding hydrogens is 334 g/mol. The van der Waals surface area contributed by atoms with Crippen molar-refractivity contribution in [3.8, 4) is 0 Å². The molecule has 1 amide bonds. The molecule has 0 aliphatic carbocycles. The van der Waals surface area contributed by atoms with E-state index in [0.29, 0.717) is 11.3 Å². The van der Waals surface area contributed by atoms with E-state index in [1.807, 2.05) is 6.92 Å². The summed E-state index contributed by atoms with van der Waals surface area (Å²) in [4.78, 5) is 26.7. The monoisotopic (exact) mass is 345 g/mol. The van der Waals surface area contributed by atoms with Crippen LogP contribution >= 0.6 is 11.6 Å². The second-order valence-electron chi connectivity index (χ2n) is 5.18. The largest absolute Gasteiger partial charge is 0.321 e. The smallest absolute Gasteiger partial charge is 0.270 e. The Hall–Kier alpha value is -3.00. The molecule has 0 atom stereocenters. The zero-order chi connectivity index (χ0) is 17.4. The van der Waals surface area contributed by atoms with Crippen molar-refractivity contribution >= 4 is 39.9 Å². The number of carbonyl (C=O) groups excluding carboxylic acids is 1. The molecule has 0 unspecified atom stereocenters. The van der Waals surface area contributed by atoms with Gasteiger partial charge in [-0.1, -0.05) is 11.6 Å². The van der Waals surface area contributed by atoms with Crippen LogP contribution in [0.1, 0.15) is 16.1 Å². The highest BCUT2D eigenvalue weighted by Crippen LogP contribution is 2.24. The normalized spacial score (nSPS) is 10.8. The van der Waals surface area contributed by atoms with Gasteiger partial charge >= 0.3 is 0 Å². The van der Waals surface area contributed by atoms with Gasteiger partial charge in [-0.3, -0.25) is 19.6 Å². The Balaban J connectivity index is 1.89. The number of aromatic nitrogens is 3. The number of aryl methyl sites for hydroxylation is 2. The number of halogens is 1. The van der Waals surface area contributed by atoms with Crippen LogP contribution in [-0.2, 0) is 7.05 Å². The Morgan fingerprint density at radius 2 is 2.12 bits per heavy atom. The minimum Gasteiger partial charge on any atom is -0.321 e. The second kappa shape index (κ2) is 5.89. The van der Waals surface area contributed by atoms with Crippen LogP contribution in [0.4, 0.5) is 11.4 Å². The van der Waals surface area contributed by atoms with Crippen LogP contribution < -0.4 is 5.32 Å². The van der Waals surface area contributed by atoms with E-state index in [-0.39, 0.29) is 16.3 Å². The van der Waals surface area contributed by atoms with E-state index in [2.05, 4.69) is 15.4 Å². The third kappa shape index (κ3) is 2.79. The average molecular weight is 346 g/mol. The first-order chi connectivity index (χ1) is 11.4. The highest BCUT2D eigenvalue weighted by Gasteiger charge is 2.16. The Morgan fingerprint density at radius 1 is 1.38 bits per heavy atom. The SMILES string of the molecule is Cc1nn(C)c2ncc(NC(=O)c3ccc([N+](=O)[O-])cc3Cl)cc12. The molecule has 122 valence electrons. The number of hydrogen-bond donors (Lipinski definition) is 1. The van der Waals surface area contributed by atoms with Crippen molar-refractivity contribution in [2.24, 2.45) is 7.05 Å². The van der Waals surface area contributed by atoms with E-state index >= 15 is 0 Å². The number of rotatable bonds is 3. The molecule has 9 heteroatoms. The zero-order valence-corrected chi connectivity index (χ0v) is 13.5. The van der Waals surface area contributed by atoms with Gasteiger partial charge in [0.2, 0.25) is 0 Å². The summed E-state index contributed by atoms with van der Waals surface area (Å²) >= 11 is 5.96. The van der Waals surface area contributed by atoms with Crippen LogP contribution in [0.5, 0.6) is 0 Å². The fraction of sp³-hybridized carbons (Fsp3) is 0.133. The number of hydrogen-bond acceptors (Lipinski definition) is 5. The molecule has 0 saturated heterocycles. The first-order valence-electron chi connectivity index (χ1n) is 6.91. The predicted octanol–water partition coefficient (Wildman–Crippen LogP) is 3.09. The van der Waals surface area contributed by atoms with E-state index in [9.17, 15) is 14.9 Å².